The molecule has 0 aliphatic heterocycles. The molecule has 5 heteroatoms. The Labute approximate surface area is 129 Å². The number of aromatic nitrogens is 3. The summed E-state index contributed by atoms with van der Waals surface area (Å²) in [6, 6.07) is 13.7. The van der Waals surface area contributed by atoms with Crippen LogP contribution in [0.3, 0.4) is 0 Å². The molecule has 0 aliphatic carbocycles. The molecule has 0 radical (unpaired) electrons. The van der Waals surface area contributed by atoms with Crippen molar-refractivity contribution in [1.29, 1.82) is 0 Å². The first-order valence-corrected chi connectivity index (χ1v) is 7.17. The van der Waals surface area contributed by atoms with Crippen LogP contribution in [0.2, 0.25) is 0 Å². The van der Waals surface area contributed by atoms with E-state index in [0.717, 1.165) is 11.3 Å². The standard InChI is InChI=1S/C17H18N4O/c1-13(18-17(22)16-9-12-20(2)19-16)14-5-7-15(8-6-14)21-10-3-4-11-21/h3-13H,1-2H3,(H,18,22)/t13-/m1/s1. The number of carbonyl (C=O) groups is 1. The topological polar surface area (TPSA) is 51.9 Å². The third-order valence-corrected chi connectivity index (χ3v) is 3.59. The third kappa shape index (κ3) is 2.93. The molecule has 2 heterocycles. The monoisotopic (exact) mass is 294 g/mol. The lowest BCUT2D eigenvalue weighted by Gasteiger charge is -2.14. The summed E-state index contributed by atoms with van der Waals surface area (Å²) in [5.74, 6) is -0.164. The third-order valence-electron chi connectivity index (χ3n) is 3.59. The molecular weight excluding hydrogens is 276 g/mol. The summed E-state index contributed by atoms with van der Waals surface area (Å²) in [6.07, 6.45) is 5.76. The van der Waals surface area contributed by atoms with E-state index in [-0.39, 0.29) is 11.9 Å². The Hall–Kier alpha value is -2.82. The lowest BCUT2D eigenvalue weighted by molar-refractivity contribution is 0.0934. The van der Waals surface area contributed by atoms with Crippen molar-refractivity contribution in [1.82, 2.24) is 19.7 Å². The molecule has 112 valence electrons. The van der Waals surface area contributed by atoms with Gasteiger partial charge >= 0.3 is 0 Å². The van der Waals surface area contributed by atoms with Crippen molar-refractivity contribution in [3.05, 3.63) is 72.3 Å². The smallest absolute Gasteiger partial charge is 0.272 e. The van der Waals surface area contributed by atoms with Crippen molar-refractivity contribution < 1.29 is 4.79 Å². The van der Waals surface area contributed by atoms with Gasteiger partial charge in [-0.1, -0.05) is 12.1 Å². The number of benzene rings is 1. The highest BCUT2D eigenvalue weighted by atomic mass is 16.2. The van der Waals surface area contributed by atoms with E-state index in [0.29, 0.717) is 5.69 Å². The van der Waals surface area contributed by atoms with Crippen LogP contribution in [0.4, 0.5) is 0 Å². The maximum absolute atomic E-state index is 12.1. The quantitative estimate of drug-likeness (QED) is 0.804. The number of rotatable bonds is 4. The molecule has 1 atom stereocenters. The molecule has 5 nitrogen and oxygen atoms in total. The summed E-state index contributed by atoms with van der Waals surface area (Å²) in [5.41, 5.74) is 2.58. The van der Waals surface area contributed by atoms with Gasteiger partial charge in [0.2, 0.25) is 0 Å². The number of nitrogens with zero attached hydrogens (tertiary/aromatic N) is 3. The van der Waals surface area contributed by atoms with E-state index in [9.17, 15) is 4.79 Å². The maximum Gasteiger partial charge on any atom is 0.272 e. The van der Waals surface area contributed by atoms with Gasteiger partial charge in [-0.25, -0.2) is 0 Å². The Bertz CT molecular complexity index is 756. The second kappa shape index (κ2) is 5.89. The van der Waals surface area contributed by atoms with Gasteiger partial charge in [-0.3, -0.25) is 9.48 Å². The fraction of sp³-hybridized carbons (Fsp3) is 0.176. The molecule has 2 aromatic heterocycles. The van der Waals surface area contributed by atoms with Gasteiger partial charge in [0.05, 0.1) is 6.04 Å². The van der Waals surface area contributed by atoms with Crippen LogP contribution in [-0.4, -0.2) is 20.3 Å². The first-order valence-electron chi connectivity index (χ1n) is 7.17. The minimum atomic E-state index is -0.164. The fourth-order valence-electron chi connectivity index (χ4n) is 2.33. The SMILES string of the molecule is C[C@@H](NC(=O)c1ccn(C)n1)c1ccc(-n2cccc2)cc1. The molecule has 3 rings (SSSR count). The average Bonchev–Trinajstić information content (AvgIpc) is 3.18. The Morgan fingerprint density at radius 3 is 2.36 bits per heavy atom. The minimum Gasteiger partial charge on any atom is -0.344 e. The van der Waals surface area contributed by atoms with Crippen LogP contribution in [0.5, 0.6) is 0 Å². The molecule has 0 saturated heterocycles. The van der Waals surface area contributed by atoms with E-state index in [1.807, 2.05) is 60.3 Å². The molecule has 1 N–H and O–H groups in total. The molecule has 3 aromatic rings. The number of carbonyl (C=O) groups excluding carboxylic acids is 1. The van der Waals surface area contributed by atoms with E-state index in [2.05, 4.69) is 10.4 Å². The molecule has 22 heavy (non-hydrogen) atoms. The van der Waals surface area contributed by atoms with Gasteiger partial charge < -0.3 is 9.88 Å². The summed E-state index contributed by atoms with van der Waals surface area (Å²) < 4.78 is 3.66. The number of nitrogens with one attached hydrogen (secondary N) is 1. The van der Waals surface area contributed by atoms with Crippen molar-refractivity contribution in [2.24, 2.45) is 7.05 Å². The molecule has 1 amide bonds. The van der Waals surface area contributed by atoms with Crippen LogP contribution < -0.4 is 5.32 Å². The van der Waals surface area contributed by atoms with Crippen molar-refractivity contribution in [3.8, 4) is 5.69 Å². The van der Waals surface area contributed by atoms with Crippen LogP contribution in [0.15, 0.2) is 61.1 Å². The second-order valence-electron chi connectivity index (χ2n) is 5.25. The van der Waals surface area contributed by atoms with E-state index in [4.69, 9.17) is 0 Å². The van der Waals surface area contributed by atoms with Gasteiger partial charge in [0.1, 0.15) is 5.69 Å². The summed E-state index contributed by atoms with van der Waals surface area (Å²) in [4.78, 5) is 12.1. The van der Waals surface area contributed by atoms with Crippen molar-refractivity contribution in [2.45, 2.75) is 13.0 Å². The van der Waals surface area contributed by atoms with Gasteiger partial charge in [0, 0.05) is 31.3 Å². The molecule has 1 aromatic carbocycles. The number of hydrogen-bond donors (Lipinski definition) is 1. The maximum atomic E-state index is 12.1. The van der Waals surface area contributed by atoms with Gasteiger partial charge in [-0.05, 0) is 42.8 Å². The van der Waals surface area contributed by atoms with Crippen LogP contribution >= 0.6 is 0 Å². The zero-order valence-corrected chi connectivity index (χ0v) is 12.6. The second-order valence-corrected chi connectivity index (χ2v) is 5.25. The lowest BCUT2D eigenvalue weighted by Crippen LogP contribution is -2.27. The van der Waals surface area contributed by atoms with Gasteiger partial charge in [0.25, 0.3) is 5.91 Å². The fourth-order valence-corrected chi connectivity index (χ4v) is 2.33. The molecule has 0 unspecified atom stereocenters. The van der Waals surface area contributed by atoms with Gasteiger partial charge in [0.15, 0.2) is 0 Å². The Kier molecular flexibility index (Phi) is 3.78. The van der Waals surface area contributed by atoms with Crippen LogP contribution in [0, 0.1) is 0 Å². The number of hydrogen-bond acceptors (Lipinski definition) is 2. The van der Waals surface area contributed by atoms with Crippen molar-refractivity contribution in [2.75, 3.05) is 0 Å². The molecule has 0 fully saturated rings. The largest absolute Gasteiger partial charge is 0.344 e. The van der Waals surface area contributed by atoms with E-state index in [1.165, 1.54) is 0 Å². The molecule has 0 saturated carbocycles. The molecule has 0 aliphatic rings. The summed E-state index contributed by atoms with van der Waals surface area (Å²) in [6.45, 7) is 1.96. The van der Waals surface area contributed by atoms with Gasteiger partial charge in [-0.15, -0.1) is 0 Å². The summed E-state index contributed by atoms with van der Waals surface area (Å²) in [7, 11) is 1.79. The Morgan fingerprint density at radius 1 is 1.09 bits per heavy atom. The highest BCUT2D eigenvalue weighted by Crippen LogP contribution is 2.16. The first-order chi connectivity index (χ1) is 10.6. The first kappa shape index (κ1) is 14.1. The van der Waals surface area contributed by atoms with E-state index in [1.54, 1.807) is 24.0 Å². The number of amides is 1. The van der Waals surface area contributed by atoms with Crippen molar-refractivity contribution in [3.63, 3.8) is 0 Å². The highest BCUT2D eigenvalue weighted by Gasteiger charge is 2.13. The average molecular weight is 294 g/mol. The zero-order chi connectivity index (χ0) is 15.5. The van der Waals surface area contributed by atoms with Crippen molar-refractivity contribution >= 4 is 5.91 Å². The molecule has 0 spiro atoms. The minimum absolute atomic E-state index is 0.0757. The van der Waals surface area contributed by atoms with E-state index >= 15 is 0 Å². The molecular formula is C17H18N4O. The normalized spacial score (nSPS) is 12.1. The Morgan fingerprint density at radius 2 is 1.77 bits per heavy atom. The predicted octanol–water partition coefficient (Wildman–Crippen LogP) is 2.70. The van der Waals surface area contributed by atoms with Crippen LogP contribution in [-0.2, 0) is 7.05 Å². The molecule has 0 bridgehead atoms. The van der Waals surface area contributed by atoms with Crippen LogP contribution in [0.1, 0.15) is 29.0 Å². The summed E-state index contributed by atoms with van der Waals surface area (Å²) >= 11 is 0. The van der Waals surface area contributed by atoms with Crippen LogP contribution in [0.25, 0.3) is 5.69 Å². The number of aryl methyl sites for hydroxylation is 1. The van der Waals surface area contributed by atoms with Gasteiger partial charge in [-0.2, -0.15) is 5.10 Å². The predicted molar refractivity (Wildman–Crippen MR) is 84.9 cm³/mol. The summed E-state index contributed by atoms with van der Waals surface area (Å²) in [5, 5.41) is 7.06. The zero-order valence-electron chi connectivity index (χ0n) is 12.6. The lowest BCUT2D eigenvalue weighted by atomic mass is 10.1. The Balaban J connectivity index is 1.69. The highest BCUT2D eigenvalue weighted by molar-refractivity contribution is 5.92. The van der Waals surface area contributed by atoms with E-state index < -0.39 is 0 Å².